The summed E-state index contributed by atoms with van der Waals surface area (Å²) in [5.74, 6) is -0.101. The predicted octanol–water partition coefficient (Wildman–Crippen LogP) is 1.58. The van der Waals surface area contributed by atoms with Crippen LogP contribution in [-0.2, 0) is 4.74 Å². The van der Waals surface area contributed by atoms with Gasteiger partial charge >= 0.3 is 6.09 Å². The molecule has 0 aromatic carbocycles. The summed E-state index contributed by atoms with van der Waals surface area (Å²) in [7, 11) is 0. The zero-order valence-electron chi connectivity index (χ0n) is 10.7. The Balaban J connectivity index is 1.89. The first-order valence-corrected chi connectivity index (χ1v) is 6.54. The summed E-state index contributed by atoms with van der Waals surface area (Å²) in [6, 6.07) is 1.60. The van der Waals surface area contributed by atoms with Gasteiger partial charge in [0.25, 0.3) is 5.91 Å². The lowest BCUT2D eigenvalue weighted by Gasteiger charge is -2.33. The minimum atomic E-state index is -0.322. The lowest BCUT2D eigenvalue weighted by Crippen LogP contribution is -2.50. The molecule has 2 heterocycles. The van der Waals surface area contributed by atoms with Crippen molar-refractivity contribution in [1.29, 1.82) is 0 Å². The molecule has 104 valence electrons. The highest BCUT2D eigenvalue weighted by Gasteiger charge is 2.25. The second kappa shape index (κ2) is 5.97. The van der Waals surface area contributed by atoms with Crippen molar-refractivity contribution in [2.24, 2.45) is 0 Å². The Morgan fingerprint density at radius 3 is 2.47 bits per heavy atom. The lowest BCUT2D eigenvalue weighted by molar-refractivity contribution is 0.0566. The number of ether oxygens (including phenoxy) is 1. The van der Waals surface area contributed by atoms with Gasteiger partial charge < -0.3 is 19.5 Å². The van der Waals surface area contributed by atoms with E-state index in [9.17, 15) is 9.59 Å². The molecular formula is C12H16ClN3O3. The van der Waals surface area contributed by atoms with Gasteiger partial charge in [-0.1, -0.05) is 11.6 Å². The number of nitrogens with one attached hydrogen (secondary N) is 1. The molecular weight excluding hydrogens is 270 g/mol. The molecule has 1 fully saturated rings. The zero-order chi connectivity index (χ0) is 13.8. The van der Waals surface area contributed by atoms with Gasteiger partial charge in [0.1, 0.15) is 5.69 Å². The molecule has 19 heavy (non-hydrogen) atoms. The number of aromatic amines is 1. The standard InChI is InChI=1S/C12H16ClN3O3/c1-2-19-12(18)16-5-3-15(4-6-16)11(17)10-7-9(13)8-14-10/h7-8,14H,2-6H2,1H3. The summed E-state index contributed by atoms with van der Waals surface area (Å²) in [5, 5.41) is 0.508. The molecule has 1 aromatic rings. The number of piperazine rings is 1. The minimum absolute atomic E-state index is 0.101. The normalized spacial score (nSPS) is 15.5. The third-order valence-electron chi connectivity index (χ3n) is 2.97. The quantitative estimate of drug-likeness (QED) is 0.897. The summed E-state index contributed by atoms with van der Waals surface area (Å²) in [6.45, 7) is 4.09. The number of hydrogen-bond donors (Lipinski definition) is 1. The number of amides is 2. The molecule has 0 atom stereocenters. The Labute approximate surface area is 116 Å². The van der Waals surface area contributed by atoms with Crippen molar-refractivity contribution >= 4 is 23.6 Å². The lowest BCUT2D eigenvalue weighted by atomic mass is 10.3. The number of hydrogen-bond acceptors (Lipinski definition) is 3. The van der Waals surface area contributed by atoms with Crippen LogP contribution in [0.5, 0.6) is 0 Å². The molecule has 1 saturated heterocycles. The van der Waals surface area contributed by atoms with E-state index >= 15 is 0 Å². The summed E-state index contributed by atoms with van der Waals surface area (Å²) < 4.78 is 4.92. The van der Waals surface area contributed by atoms with Crippen LogP contribution in [-0.4, -0.2) is 59.6 Å². The maximum Gasteiger partial charge on any atom is 0.409 e. The Morgan fingerprint density at radius 1 is 1.32 bits per heavy atom. The van der Waals surface area contributed by atoms with Crippen LogP contribution in [0, 0.1) is 0 Å². The second-order valence-corrected chi connectivity index (χ2v) is 4.65. The van der Waals surface area contributed by atoms with Crippen LogP contribution in [0.15, 0.2) is 12.3 Å². The molecule has 0 unspecified atom stereocenters. The Hall–Kier alpha value is -1.69. The maximum atomic E-state index is 12.1. The summed E-state index contributed by atoms with van der Waals surface area (Å²) in [5.41, 5.74) is 0.467. The van der Waals surface area contributed by atoms with E-state index in [0.717, 1.165) is 0 Å². The average Bonchev–Trinajstić information content (AvgIpc) is 2.85. The highest BCUT2D eigenvalue weighted by atomic mass is 35.5. The van der Waals surface area contributed by atoms with E-state index in [0.29, 0.717) is 43.5 Å². The molecule has 1 aromatic heterocycles. The first-order valence-electron chi connectivity index (χ1n) is 6.16. The monoisotopic (exact) mass is 285 g/mol. The third-order valence-corrected chi connectivity index (χ3v) is 3.19. The number of rotatable bonds is 2. The Morgan fingerprint density at radius 2 is 1.95 bits per heavy atom. The van der Waals surface area contributed by atoms with Crippen molar-refractivity contribution in [3.05, 3.63) is 23.0 Å². The van der Waals surface area contributed by atoms with E-state index in [1.54, 1.807) is 29.0 Å². The largest absolute Gasteiger partial charge is 0.450 e. The van der Waals surface area contributed by atoms with Crippen molar-refractivity contribution in [1.82, 2.24) is 14.8 Å². The number of nitrogens with zero attached hydrogens (tertiary/aromatic N) is 2. The van der Waals surface area contributed by atoms with Crippen LogP contribution in [0.4, 0.5) is 4.79 Å². The van der Waals surface area contributed by atoms with Gasteiger partial charge in [-0.2, -0.15) is 0 Å². The van der Waals surface area contributed by atoms with E-state index in [4.69, 9.17) is 16.3 Å². The molecule has 1 aliphatic rings. The molecule has 6 nitrogen and oxygen atoms in total. The van der Waals surface area contributed by atoms with E-state index in [1.807, 2.05) is 0 Å². The van der Waals surface area contributed by atoms with Gasteiger partial charge in [-0.05, 0) is 13.0 Å². The van der Waals surface area contributed by atoms with E-state index in [-0.39, 0.29) is 12.0 Å². The average molecular weight is 286 g/mol. The molecule has 1 aliphatic heterocycles. The summed E-state index contributed by atoms with van der Waals surface area (Å²) >= 11 is 5.77. The van der Waals surface area contributed by atoms with E-state index < -0.39 is 0 Å². The molecule has 2 rings (SSSR count). The number of H-pyrrole nitrogens is 1. The topological polar surface area (TPSA) is 65.6 Å². The molecule has 0 bridgehead atoms. The van der Waals surface area contributed by atoms with Gasteiger partial charge in [0.05, 0.1) is 11.6 Å². The fraction of sp³-hybridized carbons (Fsp3) is 0.500. The smallest absolute Gasteiger partial charge is 0.409 e. The van der Waals surface area contributed by atoms with Crippen molar-refractivity contribution in [3.8, 4) is 0 Å². The van der Waals surface area contributed by atoms with Crippen LogP contribution in [0.3, 0.4) is 0 Å². The van der Waals surface area contributed by atoms with Crippen LogP contribution in [0.2, 0.25) is 5.02 Å². The molecule has 0 saturated carbocycles. The summed E-state index contributed by atoms with van der Waals surface area (Å²) in [4.78, 5) is 29.8. The minimum Gasteiger partial charge on any atom is -0.450 e. The SMILES string of the molecule is CCOC(=O)N1CCN(C(=O)c2cc(Cl)c[nH]2)CC1. The molecule has 1 N–H and O–H groups in total. The Bertz CT molecular complexity index is 467. The van der Waals surface area contributed by atoms with Gasteiger partial charge in [-0.3, -0.25) is 4.79 Å². The first-order chi connectivity index (χ1) is 9.11. The fourth-order valence-electron chi connectivity index (χ4n) is 1.97. The number of aromatic nitrogens is 1. The molecule has 0 spiro atoms. The zero-order valence-corrected chi connectivity index (χ0v) is 11.4. The van der Waals surface area contributed by atoms with Crippen molar-refractivity contribution < 1.29 is 14.3 Å². The molecule has 7 heteroatoms. The highest BCUT2D eigenvalue weighted by Crippen LogP contribution is 2.13. The van der Waals surface area contributed by atoms with Gasteiger partial charge in [-0.15, -0.1) is 0 Å². The number of carbonyl (C=O) groups is 2. The van der Waals surface area contributed by atoms with Gasteiger partial charge in [0.2, 0.25) is 0 Å². The van der Waals surface area contributed by atoms with E-state index in [2.05, 4.69) is 4.98 Å². The van der Waals surface area contributed by atoms with Crippen LogP contribution >= 0.6 is 11.6 Å². The maximum absolute atomic E-state index is 12.1. The molecule has 2 amide bonds. The van der Waals surface area contributed by atoms with Gasteiger partial charge in [0, 0.05) is 32.4 Å². The van der Waals surface area contributed by atoms with Crippen molar-refractivity contribution in [2.45, 2.75) is 6.92 Å². The third kappa shape index (κ3) is 3.20. The summed E-state index contributed by atoms with van der Waals surface area (Å²) in [6.07, 6.45) is 1.25. The molecule has 0 radical (unpaired) electrons. The Kier molecular flexibility index (Phi) is 4.31. The fourth-order valence-corrected chi connectivity index (χ4v) is 2.13. The van der Waals surface area contributed by atoms with Crippen molar-refractivity contribution in [3.63, 3.8) is 0 Å². The second-order valence-electron chi connectivity index (χ2n) is 4.21. The van der Waals surface area contributed by atoms with Crippen LogP contribution < -0.4 is 0 Å². The number of carbonyl (C=O) groups excluding carboxylic acids is 2. The number of halogens is 1. The van der Waals surface area contributed by atoms with E-state index in [1.165, 1.54) is 0 Å². The van der Waals surface area contributed by atoms with Crippen LogP contribution in [0.1, 0.15) is 17.4 Å². The van der Waals surface area contributed by atoms with Gasteiger partial charge in [-0.25, -0.2) is 4.79 Å². The van der Waals surface area contributed by atoms with Gasteiger partial charge in [0.15, 0.2) is 0 Å². The first kappa shape index (κ1) is 13.7. The van der Waals surface area contributed by atoms with Crippen molar-refractivity contribution in [2.75, 3.05) is 32.8 Å². The van der Waals surface area contributed by atoms with Crippen LogP contribution in [0.25, 0.3) is 0 Å². The molecule has 0 aliphatic carbocycles. The predicted molar refractivity (Wildman–Crippen MR) is 70.3 cm³/mol. The highest BCUT2D eigenvalue weighted by molar-refractivity contribution is 6.30.